The number of rotatable bonds is 4. The van der Waals surface area contributed by atoms with Gasteiger partial charge in [0.05, 0.1) is 0 Å². The highest BCUT2D eigenvalue weighted by Crippen LogP contribution is 2.26. The van der Waals surface area contributed by atoms with Crippen LogP contribution in [0.3, 0.4) is 0 Å². The summed E-state index contributed by atoms with van der Waals surface area (Å²) in [5, 5.41) is 17.0. The van der Waals surface area contributed by atoms with Gasteiger partial charge in [-0.15, -0.1) is 0 Å². The van der Waals surface area contributed by atoms with Crippen molar-refractivity contribution in [3.05, 3.63) is 11.4 Å². The summed E-state index contributed by atoms with van der Waals surface area (Å²) in [4.78, 5) is 15.8. The minimum Gasteiger partial charge on any atom is -0.480 e. The molecule has 0 amide bonds. The van der Waals surface area contributed by atoms with Crippen molar-refractivity contribution in [3.63, 3.8) is 0 Å². The van der Waals surface area contributed by atoms with E-state index in [9.17, 15) is 9.90 Å². The lowest BCUT2D eigenvalue weighted by atomic mass is 10.0. The fourth-order valence-corrected chi connectivity index (χ4v) is 3.51. The maximum absolute atomic E-state index is 11.3. The van der Waals surface area contributed by atoms with E-state index in [0.717, 1.165) is 63.3 Å². The first-order valence-corrected chi connectivity index (χ1v) is 7.64. The van der Waals surface area contributed by atoms with Gasteiger partial charge < -0.3 is 5.11 Å². The number of likely N-dealkylation sites (tertiary alicyclic amines) is 2. The Kier molecular flexibility index (Phi) is 4.21. The third kappa shape index (κ3) is 3.08. The van der Waals surface area contributed by atoms with Crippen molar-refractivity contribution in [2.24, 2.45) is 0 Å². The van der Waals surface area contributed by atoms with E-state index < -0.39 is 5.97 Å². The molecule has 3 rings (SSSR count). The normalized spacial score (nSPS) is 25.5. The average Bonchev–Trinajstić information content (AvgIpc) is 3.10. The SMILES string of the molecule is Cc1nonc1CN1CCC(N2CCCC2C(=O)O)CC1. The molecule has 0 radical (unpaired) electrons. The molecule has 0 bridgehead atoms. The highest BCUT2D eigenvalue weighted by Gasteiger charge is 2.36. The van der Waals surface area contributed by atoms with Gasteiger partial charge in [-0.05, 0) is 39.2 Å². The van der Waals surface area contributed by atoms with Crippen LogP contribution in [0.25, 0.3) is 0 Å². The number of hydrogen-bond donors (Lipinski definition) is 1. The third-order valence-electron chi connectivity index (χ3n) is 4.73. The van der Waals surface area contributed by atoms with E-state index in [1.165, 1.54) is 0 Å². The first-order valence-electron chi connectivity index (χ1n) is 7.64. The molecule has 0 saturated carbocycles. The summed E-state index contributed by atoms with van der Waals surface area (Å²) in [6.07, 6.45) is 3.84. The summed E-state index contributed by atoms with van der Waals surface area (Å²) in [6, 6.07) is 0.130. The molecule has 3 heterocycles. The van der Waals surface area contributed by atoms with Crippen LogP contribution in [0.2, 0.25) is 0 Å². The number of carbonyl (C=O) groups is 1. The number of aliphatic carboxylic acids is 1. The van der Waals surface area contributed by atoms with Gasteiger partial charge in [-0.2, -0.15) is 0 Å². The summed E-state index contributed by atoms with van der Waals surface area (Å²) >= 11 is 0. The van der Waals surface area contributed by atoms with Crippen molar-refractivity contribution >= 4 is 5.97 Å². The van der Waals surface area contributed by atoms with Crippen LogP contribution in [0.1, 0.15) is 37.1 Å². The number of carboxylic acids is 1. The molecule has 7 heteroatoms. The van der Waals surface area contributed by atoms with Crippen molar-refractivity contribution in [2.45, 2.75) is 51.2 Å². The molecular weight excluding hydrogens is 272 g/mol. The minimum absolute atomic E-state index is 0.275. The van der Waals surface area contributed by atoms with Gasteiger partial charge in [0.2, 0.25) is 0 Å². The Labute approximate surface area is 123 Å². The molecule has 1 aromatic rings. The standard InChI is InChI=1S/C14H22N4O3/c1-10-12(16-21-15-10)9-17-7-4-11(5-8-17)18-6-2-3-13(18)14(19)20/h11,13H,2-9H2,1H3,(H,19,20). The molecule has 2 fully saturated rings. The van der Waals surface area contributed by atoms with Crippen molar-refractivity contribution in [2.75, 3.05) is 19.6 Å². The quantitative estimate of drug-likeness (QED) is 0.883. The van der Waals surface area contributed by atoms with Crippen LogP contribution in [0.5, 0.6) is 0 Å². The molecule has 7 nitrogen and oxygen atoms in total. The van der Waals surface area contributed by atoms with Gasteiger partial charge in [0.15, 0.2) is 0 Å². The van der Waals surface area contributed by atoms with Gasteiger partial charge >= 0.3 is 5.97 Å². The van der Waals surface area contributed by atoms with E-state index in [1.54, 1.807) is 0 Å². The monoisotopic (exact) mass is 294 g/mol. The van der Waals surface area contributed by atoms with E-state index >= 15 is 0 Å². The summed E-state index contributed by atoms with van der Waals surface area (Å²) in [5.41, 5.74) is 1.75. The van der Waals surface area contributed by atoms with Gasteiger partial charge in [-0.3, -0.25) is 14.6 Å². The molecule has 0 aliphatic carbocycles. The Morgan fingerprint density at radius 3 is 2.67 bits per heavy atom. The predicted octanol–water partition coefficient (Wildman–Crippen LogP) is 0.891. The van der Waals surface area contributed by atoms with Crippen molar-refractivity contribution in [1.29, 1.82) is 0 Å². The van der Waals surface area contributed by atoms with E-state index in [-0.39, 0.29) is 6.04 Å². The average molecular weight is 294 g/mol. The zero-order valence-corrected chi connectivity index (χ0v) is 12.4. The van der Waals surface area contributed by atoms with E-state index in [0.29, 0.717) is 6.04 Å². The van der Waals surface area contributed by atoms with Crippen LogP contribution in [-0.4, -0.2) is 62.9 Å². The molecule has 2 aliphatic heterocycles. The fourth-order valence-electron chi connectivity index (χ4n) is 3.51. The summed E-state index contributed by atoms with van der Waals surface area (Å²) < 4.78 is 4.73. The second-order valence-electron chi connectivity index (χ2n) is 6.04. The number of carboxylic acid groups (broad SMARTS) is 1. The van der Waals surface area contributed by atoms with E-state index in [1.807, 2.05) is 6.92 Å². The Balaban J connectivity index is 1.53. The zero-order valence-electron chi connectivity index (χ0n) is 12.4. The minimum atomic E-state index is -0.667. The lowest BCUT2D eigenvalue weighted by Crippen LogP contribution is -2.48. The number of hydrogen-bond acceptors (Lipinski definition) is 6. The fraction of sp³-hybridized carbons (Fsp3) is 0.786. The van der Waals surface area contributed by atoms with Crippen molar-refractivity contribution in [3.8, 4) is 0 Å². The maximum atomic E-state index is 11.3. The predicted molar refractivity (Wildman–Crippen MR) is 74.7 cm³/mol. The zero-order chi connectivity index (χ0) is 14.8. The van der Waals surface area contributed by atoms with Gasteiger partial charge in [0.25, 0.3) is 0 Å². The summed E-state index contributed by atoms with van der Waals surface area (Å²) in [6.45, 7) is 5.54. The van der Waals surface area contributed by atoms with Gasteiger partial charge in [0, 0.05) is 25.7 Å². The molecule has 1 atom stereocenters. The maximum Gasteiger partial charge on any atom is 0.320 e. The first-order chi connectivity index (χ1) is 10.1. The van der Waals surface area contributed by atoms with Crippen LogP contribution in [0, 0.1) is 6.92 Å². The van der Waals surface area contributed by atoms with Gasteiger partial charge in [-0.1, -0.05) is 10.3 Å². The molecular formula is C14H22N4O3. The lowest BCUT2D eigenvalue weighted by molar-refractivity contribution is -0.143. The largest absolute Gasteiger partial charge is 0.480 e. The highest BCUT2D eigenvalue weighted by atomic mass is 16.6. The first kappa shape index (κ1) is 14.5. The summed E-state index contributed by atoms with van der Waals surface area (Å²) in [5.74, 6) is -0.667. The highest BCUT2D eigenvalue weighted by molar-refractivity contribution is 5.73. The Morgan fingerprint density at radius 2 is 2.05 bits per heavy atom. The Morgan fingerprint density at radius 1 is 1.29 bits per heavy atom. The molecule has 1 N–H and O–H groups in total. The molecule has 1 aromatic heterocycles. The molecule has 116 valence electrons. The number of nitrogens with zero attached hydrogens (tertiary/aromatic N) is 4. The third-order valence-corrected chi connectivity index (χ3v) is 4.73. The molecule has 2 saturated heterocycles. The molecule has 1 unspecified atom stereocenters. The smallest absolute Gasteiger partial charge is 0.320 e. The summed E-state index contributed by atoms with van der Waals surface area (Å²) in [7, 11) is 0. The van der Waals surface area contributed by atoms with Gasteiger partial charge in [-0.25, -0.2) is 4.63 Å². The van der Waals surface area contributed by atoms with Crippen LogP contribution in [0.4, 0.5) is 0 Å². The molecule has 2 aliphatic rings. The topological polar surface area (TPSA) is 82.7 Å². The van der Waals surface area contributed by atoms with Crippen molar-refractivity contribution < 1.29 is 14.5 Å². The van der Waals surface area contributed by atoms with Crippen molar-refractivity contribution in [1.82, 2.24) is 20.1 Å². The van der Waals surface area contributed by atoms with Crippen LogP contribution in [-0.2, 0) is 11.3 Å². The molecule has 21 heavy (non-hydrogen) atoms. The number of aryl methyl sites for hydroxylation is 1. The molecule has 0 aromatic carbocycles. The number of aromatic nitrogens is 2. The van der Waals surface area contributed by atoms with Crippen LogP contribution < -0.4 is 0 Å². The second-order valence-corrected chi connectivity index (χ2v) is 6.04. The second kappa shape index (κ2) is 6.11. The van der Waals surface area contributed by atoms with Crippen LogP contribution in [0.15, 0.2) is 4.63 Å². The van der Waals surface area contributed by atoms with Crippen LogP contribution >= 0.6 is 0 Å². The molecule has 0 spiro atoms. The van der Waals surface area contributed by atoms with E-state index in [2.05, 4.69) is 20.1 Å². The number of piperidine rings is 1. The Hall–Kier alpha value is -1.47. The van der Waals surface area contributed by atoms with E-state index in [4.69, 9.17) is 4.63 Å². The Bertz CT molecular complexity index is 496. The van der Waals surface area contributed by atoms with Gasteiger partial charge in [0.1, 0.15) is 17.4 Å². The lowest BCUT2D eigenvalue weighted by Gasteiger charge is -2.38.